The van der Waals surface area contributed by atoms with Crippen LogP contribution < -0.4 is 5.32 Å². The van der Waals surface area contributed by atoms with Crippen molar-refractivity contribution < 1.29 is 9.72 Å². The average molecular weight is 417 g/mol. The summed E-state index contributed by atoms with van der Waals surface area (Å²) in [5.41, 5.74) is 1.58. The van der Waals surface area contributed by atoms with Crippen molar-refractivity contribution in [3.05, 3.63) is 66.2 Å². The van der Waals surface area contributed by atoms with Gasteiger partial charge in [0, 0.05) is 26.4 Å². The van der Waals surface area contributed by atoms with Gasteiger partial charge in [-0.2, -0.15) is 0 Å². The predicted octanol–water partition coefficient (Wildman–Crippen LogP) is 4.41. The summed E-state index contributed by atoms with van der Waals surface area (Å²) < 4.78 is 0.641. The molecular formula is C14H10ClIN2O3. The van der Waals surface area contributed by atoms with Crippen LogP contribution in [-0.4, -0.2) is 10.8 Å². The molecule has 0 radical (unpaired) electrons. The summed E-state index contributed by atoms with van der Waals surface area (Å²) in [6.45, 7) is 1.82. The minimum absolute atomic E-state index is 0.117. The topological polar surface area (TPSA) is 72.2 Å². The zero-order chi connectivity index (χ0) is 15.6. The van der Waals surface area contributed by atoms with Gasteiger partial charge < -0.3 is 5.32 Å². The molecule has 2 aromatic carbocycles. The van der Waals surface area contributed by atoms with Gasteiger partial charge in [0.15, 0.2) is 0 Å². The van der Waals surface area contributed by atoms with E-state index in [4.69, 9.17) is 11.6 Å². The first-order valence-corrected chi connectivity index (χ1v) is 7.35. The average Bonchev–Trinajstić information content (AvgIpc) is 2.42. The number of nitro groups is 1. The monoisotopic (exact) mass is 416 g/mol. The van der Waals surface area contributed by atoms with Crippen LogP contribution in [0, 0.1) is 20.6 Å². The Morgan fingerprint density at radius 2 is 2.00 bits per heavy atom. The number of nitrogens with one attached hydrogen (secondary N) is 1. The molecule has 0 heterocycles. The molecule has 5 nitrogen and oxygen atoms in total. The fraction of sp³-hybridized carbons (Fsp3) is 0.0714. The highest BCUT2D eigenvalue weighted by Gasteiger charge is 2.16. The first-order valence-electron chi connectivity index (χ1n) is 5.90. The van der Waals surface area contributed by atoms with Crippen LogP contribution in [0.15, 0.2) is 36.4 Å². The molecule has 1 amide bonds. The molecule has 0 saturated heterocycles. The third kappa shape index (κ3) is 3.70. The molecule has 0 saturated carbocycles. The van der Waals surface area contributed by atoms with E-state index in [1.54, 1.807) is 24.3 Å². The Hall–Kier alpha value is -1.67. The smallest absolute Gasteiger partial charge is 0.270 e. The number of benzene rings is 2. The Labute approximate surface area is 139 Å². The van der Waals surface area contributed by atoms with Crippen LogP contribution in [0.4, 0.5) is 11.4 Å². The van der Waals surface area contributed by atoms with Crippen molar-refractivity contribution >= 4 is 51.5 Å². The van der Waals surface area contributed by atoms with Crippen LogP contribution in [0.25, 0.3) is 0 Å². The number of aryl methyl sites for hydroxylation is 1. The Morgan fingerprint density at radius 3 is 2.62 bits per heavy atom. The maximum absolute atomic E-state index is 12.3. The van der Waals surface area contributed by atoms with Crippen molar-refractivity contribution in [2.75, 3.05) is 5.32 Å². The lowest BCUT2D eigenvalue weighted by atomic mass is 10.1. The third-order valence-corrected chi connectivity index (χ3v) is 4.02. The van der Waals surface area contributed by atoms with Gasteiger partial charge in [-0.05, 0) is 59.3 Å². The Balaban J connectivity index is 2.32. The van der Waals surface area contributed by atoms with Crippen molar-refractivity contribution in [3.63, 3.8) is 0 Å². The van der Waals surface area contributed by atoms with E-state index in [0.29, 0.717) is 14.3 Å². The largest absolute Gasteiger partial charge is 0.322 e. The van der Waals surface area contributed by atoms with Crippen molar-refractivity contribution in [1.29, 1.82) is 0 Å². The van der Waals surface area contributed by atoms with Gasteiger partial charge in [-0.25, -0.2) is 0 Å². The van der Waals surface area contributed by atoms with Gasteiger partial charge in [-0.15, -0.1) is 0 Å². The minimum Gasteiger partial charge on any atom is -0.322 e. The highest BCUT2D eigenvalue weighted by atomic mass is 127. The molecule has 2 aromatic rings. The number of non-ortho nitro benzene ring substituents is 1. The van der Waals surface area contributed by atoms with Crippen LogP contribution >= 0.6 is 34.2 Å². The van der Waals surface area contributed by atoms with Crippen molar-refractivity contribution in [1.82, 2.24) is 0 Å². The fourth-order valence-corrected chi connectivity index (χ4v) is 2.56. The highest BCUT2D eigenvalue weighted by Crippen LogP contribution is 2.23. The summed E-state index contributed by atoms with van der Waals surface area (Å²) in [6, 6.07) is 9.27. The van der Waals surface area contributed by atoms with Crippen LogP contribution in [0.2, 0.25) is 5.02 Å². The van der Waals surface area contributed by atoms with Crippen molar-refractivity contribution in [2.24, 2.45) is 0 Å². The van der Waals surface area contributed by atoms with Crippen LogP contribution in [0.1, 0.15) is 15.9 Å². The van der Waals surface area contributed by atoms with E-state index in [1.165, 1.54) is 12.1 Å². The molecule has 0 aliphatic rings. The van der Waals surface area contributed by atoms with Gasteiger partial charge in [0.05, 0.1) is 10.5 Å². The zero-order valence-corrected chi connectivity index (χ0v) is 13.8. The predicted molar refractivity (Wildman–Crippen MR) is 90.0 cm³/mol. The number of halogens is 2. The Kier molecular flexibility index (Phi) is 4.79. The number of hydrogen-bond acceptors (Lipinski definition) is 3. The third-order valence-electron chi connectivity index (χ3n) is 2.84. The lowest BCUT2D eigenvalue weighted by Crippen LogP contribution is -2.14. The molecule has 0 fully saturated rings. The molecule has 0 bridgehead atoms. The van der Waals surface area contributed by atoms with E-state index in [1.807, 2.05) is 29.5 Å². The fourth-order valence-electron chi connectivity index (χ4n) is 1.76. The summed E-state index contributed by atoms with van der Waals surface area (Å²) in [7, 11) is 0. The van der Waals surface area contributed by atoms with E-state index in [-0.39, 0.29) is 11.3 Å². The van der Waals surface area contributed by atoms with Crippen molar-refractivity contribution in [2.45, 2.75) is 6.92 Å². The van der Waals surface area contributed by atoms with Crippen molar-refractivity contribution in [3.8, 4) is 0 Å². The molecular weight excluding hydrogens is 407 g/mol. The molecule has 0 aromatic heterocycles. The van der Waals surface area contributed by atoms with Gasteiger partial charge in [-0.1, -0.05) is 11.6 Å². The van der Waals surface area contributed by atoms with E-state index in [9.17, 15) is 14.9 Å². The Bertz CT molecular complexity index is 734. The summed E-state index contributed by atoms with van der Waals surface area (Å²) in [5, 5.41) is 14.1. The summed E-state index contributed by atoms with van der Waals surface area (Å²) in [4.78, 5) is 22.5. The number of hydrogen-bond donors (Lipinski definition) is 1. The molecule has 0 aliphatic heterocycles. The van der Waals surface area contributed by atoms with Gasteiger partial charge >= 0.3 is 0 Å². The standard InChI is InChI=1S/C14H10ClIN2O3/c1-8-6-9(15)2-5-13(8)17-14(19)11-7-10(18(20)21)3-4-12(11)16/h2-7H,1H3,(H,17,19). The second-order valence-electron chi connectivity index (χ2n) is 4.33. The number of rotatable bonds is 3. The number of carbonyl (C=O) groups is 1. The van der Waals surface area contributed by atoms with Gasteiger partial charge in [0.25, 0.3) is 11.6 Å². The molecule has 2 rings (SSSR count). The maximum atomic E-state index is 12.3. The van der Waals surface area contributed by atoms with E-state index in [2.05, 4.69) is 5.32 Å². The van der Waals surface area contributed by atoms with E-state index < -0.39 is 10.8 Å². The first-order chi connectivity index (χ1) is 9.88. The second-order valence-corrected chi connectivity index (χ2v) is 5.93. The molecule has 108 valence electrons. The lowest BCUT2D eigenvalue weighted by Gasteiger charge is -2.09. The van der Waals surface area contributed by atoms with E-state index in [0.717, 1.165) is 5.56 Å². The van der Waals surface area contributed by atoms with Crippen LogP contribution in [0.3, 0.4) is 0 Å². The van der Waals surface area contributed by atoms with Crippen LogP contribution in [-0.2, 0) is 0 Å². The molecule has 0 unspecified atom stereocenters. The van der Waals surface area contributed by atoms with Gasteiger partial charge in [-0.3, -0.25) is 14.9 Å². The van der Waals surface area contributed by atoms with Gasteiger partial charge in [0.1, 0.15) is 0 Å². The number of nitrogens with zero attached hydrogens (tertiary/aromatic N) is 1. The molecule has 21 heavy (non-hydrogen) atoms. The zero-order valence-electron chi connectivity index (χ0n) is 10.9. The van der Waals surface area contributed by atoms with Gasteiger partial charge in [0.2, 0.25) is 0 Å². The maximum Gasteiger partial charge on any atom is 0.270 e. The highest BCUT2D eigenvalue weighted by molar-refractivity contribution is 14.1. The molecule has 7 heteroatoms. The quantitative estimate of drug-likeness (QED) is 0.457. The number of nitro benzene ring substituents is 1. The summed E-state index contributed by atoms with van der Waals surface area (Å²) in [6.07, 6.45) is 0. The minimum atomic E-state index is -0.527. The lowest BCUT2D eigenvalue weighted by molar-refractivity contribution is -0.384. The normalized spacial score (nSPS) is 10.2. The molecule has 0 spiro atoms. The molecule has 0 aliphatic carbocycles. The number of amides is 1. The van der Waals surface area contributed by atoms with Crippen LogP contribution in [0.5, 0.6) is 0 Å². The molecule has 0 atom stereocenters. The number of anilines is 1. The Morgan fingerprint density at radius 1 is 1.29 bits per heavy atom. The second kappa shape index (κ2) is 6.40. The molecule has 1 N–H and O–H groups in total. The first kappa shape index (κ1) is 15.7. The summed E-state index contributed by atoms with van der Waals surface area (Å²) >= 11 is 7.83. The summed E-state index contributed by atoms with van der Waals surface area (Å²) in [5.74, 6) is -0.395. The number of carbonyl (C=O) groups excluding carboxylic acids is 1. The SMILES string of the molecule is Cc1cc(Cl)ccc1NC(=O)c1cc([N+](=O)[O-])ccc1I. The van der Waals surface area contributed by atoms with E-state index >= 15 is 0 Å².